The summed E-state index contributed by atoms with van der Waals surface area (Å²) in [4.78, 5) is 15.0. The van der Waals surface area contributed by atoms with Crippen molar-refractivity contribution in [2.45, 2.75) is 51.1 Å². The number of carbonyl (C=O) groups excluding carboxylic acids is 1. The Bertz CT molecular complexity index is 747. The predicted molar refractivity (Wildman–Crippen MR) is 104 cm³/mol. The number of rotatable bonds is 4. The van der Waals surface area contributed by atoms with E-state index in [1.54, 1.807) is 10.9 Å². The average molecular weight is 405 g/mol. The van der Waals surface area contributed by atoms with Crippen molar-refractivity contribution in [1.82, 2.24) is 20.0 Å². The second kappa shape index (κ2) is 8.27. The van der Waals surface area contributed by atoms with Gasteiger partial charge in [-0.3, -0.25) is 9.48 Å². The van der Waals surface area contributed by atoms with E-state index in [-0.39, 0.29) is 41.8 Å². The molecule has 0 bridgehead atoms. The molecule has 0 aromatic carbocycles. The fourth-order valence-corrected chi connectivity index (χ4v) is 5.44. The lowest BCUT2D eigenvalue weighted by molar-refractivity contribution is 0.0696. The molecule has 2 aliphatic rings. The van der Waals surface area contributed by atoms with E-state index in [0.29, 0.717) is 24.6 Å². The molecule has 1 amide bonds. The molecule has 2 unspecified atom stereocenters. The summed E-state index contributed by atoms with van der Waals surface area (Å²) < 4.78 is 25.2. The molecule has 3 heterocycles. The molecule has 3 rings (SSSR count). The molecule has 2 fully saturated rings. The number of amides is 1. The minimum absolute atomic E-state index is 0. The highest BCUT2D eigenvalue weighted by atomic mass is 35.5. The Hall–Kier alpha value is -1.12. The zero-order valence-corrected chi connectivity index (χ0v) is 17.3. The van der Waals surface area contributed by atoms with E-state index in [0.717, 1.165) is 25.1 Å². The van der Waals surface area contributed by atoms with Crippen LogP contribution in [-0.4, -0.2) is 66.7 Å². The van der Waals surface area contributed by atoms with Crippen LogP contribution in [0.2, 0.25) is 0 Å². The van der Waals surface area contributed by atoms with Gasteiger partial charge in [0.1, 0.15) is 0 Å². The molecule has 0 aliphatic carbocycles. The molecule has 0 radical (unpaired) electrons. The molecule has 0 spiro atoms. The highest BCUT2D eigenvalue weighted by Crippen LogP contribution is 2.27. The third kappa shape index (κ3) is 4.40. The zero-order valence-electron chi connectivity index (χ0n) is 15.6. The normalized spacial score (nSPS) is 25.3. The van der Waals surface area contributed by atoms with Gasteiger partial charge in [-0.15, -0.1) is 12.4 Å². The lowest BCUT2D eigenvalue weighted by Gasteiger charge is -2.32. The van der Waals surface area contributed by atoms with E-state index < -0.39 is 9.84 Å². The summed E-state index contributed by atoms with van der Waals surface area (Å²) >= 11 is 0. The molecular weight excluding hydrogens is 376 g/mol. The largest absolute Gasteiger partial charge is 0.337 e. The Morgan fingerprint density at radius 2 is 2.08 bits per heavy atom. The van der Waals surface area contributed by atoms with Gasteiger partial charge in [-0.2, -0.15) is 5.10 Å². The first-order chi connectivity index (χ1) is 11.8. The van der Waals surface area contributed by atoms with Crippen LogP contribution in [0.4, 0.5) is 0 Å². The van der Waals surface area contributed by atoms with Crippen molar-refractivity contribution >= 4 is 28.2 Å². The number of halogens is 1. The number of aromatic nitrogens is 2. The SMILES string of the molecule is CNC1CCCN(C(=O)c2cn(C3CCS(=O)(=O)C3)nc2C(C)C)C1.Cl. The molecule has 0 saturated carbocycles. The van der Waals surface area contributed by atoms with Gasteiger partial charge in [0.2, 0.25) is 0 Å². The number of nitrogens with zero attached hydrogens (tertiary/aromatic N) is 3. The van der Waals surface area contributed by atoms with Crippen LogP contribution >= 0.6 is 12.4 Å². The summed E-state index contributed by atoms with van der Waals surface area (Å²) in [5, 5.41) is 7.86. The second-order valence-electron chi connectivity index (χ2n) is 7.50. The molecule has 1 N–H and O–H groups in total. The van der Waals surface area contributed by atoms with Gasteiger partial charge in [0.05, 0.1) is 28.8 Å². The molecule has 9 heteroatoms. The quantitative estimate of drug-likeness (QED) is 0.824. The highest BCUT2D eigenvalue weighted by molar-refractivity contribution is 7.91. The van der Waals surface area contributed by atoms with E-state index in [2.05, 4.69) is 10.4 Å². The Morgan fingerprint density at radius 1 is 1.35 bits per heavy atom. The summed E-state index contributed by atoms with van der Waals surface area (Å²) in [5.41, 5.74) is 1.39. The maximum atomic E-state index is 13.1. The second-order valence-corrected chi connectivity index (χ2v) is 9.73. The van der Waals surface area contributed by atoms with Crippen LogP contribution in [0.25, 0.3) is 0 Å². The van der Waals surface area contributed by atoms with Gasteiger partial charge in [-0.25, -0.2) is 8.42 Å². The maximum absolute atomic E-state index is 13.1. The Balaban J connectivity index is 0.00000243. The number of likely N-dealkylation sites (tertiary alicyclic amines) is 1. The van der Waals surface area contributed by atoms with Gasteiger partial charge in [0.15, 0.2) is 9.84 Å². The molecule has 1 aromatic rings. The summed E-state index contributed by atoms with van der Waals surface area (Å²) in [5.74, 6) is 0.443. The summed E-state index contributed by atoms with van der Waals surface area (Å²) in [6, 6.07) is 0.172. The topological polar surface area (TPSA) is 84.3 Å². The van der Waals surface area contributed by atoms with Crippen LogP contribution in [0.5, 0.6) is 0 Å². The molecule has 1 aromatic heterocycles. The van der Waals surface area contributed by atoms with Crippen LogP contribution in [0.1, 0.15) is 61.1 Å². The number of nitrogens with one attached hydrogen (secondary N) is 1. The number of sulfone groups is 1. The highest BCUT2D eigenvalue weighted by Gasteiger charge is 2.33. The first-order valence-corrected chi connectivity index (χ1v) is 10.9. The summed E-state index contributed by atoms with van der Waals surface area (Å²) in [7, 11) is -1.06. The summed E-state index contributed by atoms with van der Waals surface area (Å²) in [6.07, 6.45) is 4.41. The number of piperidine rings is 1. The van der Waals surface area contributed by atoms with Crippen molar-refractivity contribution in [3.63, 3.8) is 0 Å². The van der Waals surface area contributed by atoms with Gasteiger partial charge >= 0.3 is 0 Å². The predicted octanol–water partition coefficient (Wildman–Crippen LogP) is 1.61. The first-order valence-electron chi connectivity index (χ1n) is 9.06. The van der Waals surface area contributed by atoms with E-state index in [1.807, 2.05) is 25.8 Å². The molecular formula is C17H29ClN4O3S. The number of hydrogen-bond donors (Lipinski definition) is 1. The van der Waals surface area contributed by atoms with Crippen LogP contribution in [0, 0.1) is 0 Å². The van der Waals surface area contributed by atoms with Crippen LogP contribution < -0.4 is 5.32 Å². The number of hydrogen-bond acceptors (Lipinski definition) is 5. The maximum Gasteiger partial charge on any atom is 0.257 e. The molecule has 2 aliphatic heterocycles. The third-order valence-electron chi connectivity index (χ3n) is 5.24. The fraction of sp³-hybridized carbons (Fsp3) is 0.765. The molecule has 26 heavy (non-hydrogen) atoms. The van der Waals surface area contributed by atoms with E-state index in [9.17, 15) is 13.2 Å². The lowest BCUT2D eigenvalue weighted by Crippen LogP contribution is -2.47. The van der Waals surface area contributed by atoms with E-state index >= 15 is 0 Å². The Kier molecular flexibility index (Phi) is 6.74. The third-order valence-corrected chi connectivity index (χ3v) is 6.99. The smallest absolute Gasteiger partial charge is 0.257 e. The van der Waals surface area contributed by atoms with Crippen molar-refractivity contribution in [2.24, 2.45) is 0 Å². The zero-order chi connectivity index (χ0) is 18.2. The van der Waals surface area contributed by atoms with Crippen LogP contribution in [-0.2, 0) is 9.84 Å². The molecule has 2 saturated heterocycles. The van der Waals surface area contributed by atoms with Crippen molar-refractivity contribution in [3.8, 4) is 0 Å². The van der Waals surface area contributed by atoms with Crippen LogP contribution in [0.15, 0.2) is 6.20 Å². The van der Waals surface area contributed by atoms with Crippen molar-refractivity contribution in [1.29, 1.82) is 0 Å². The Labute approximate surface area is 161 Å². The average Bonchev–Trinajstić information content (AvgIpc) is 3.17. The van der Waals surface area contributed by atoms with Crippen LogP contribution in [0.3, 0.4) is 0 Å². The number of likely N-dealkylation sites (N-methyl/N-ethyl adjacent to an activating group) is 1. The minimum Gasteiger partial charge on any atom is -0.337 e. The van der Waals surface area contributed by atoms with Crippen molar-refractivity contribution in [2.75, 3.05) is 31.6 Å². The monoisotopic (exact) mass is 404 g/mol. The lowest BCUT2D eigenvalue weighted by atomic mass is 10.0. The molecule has 148 valence electrons. The number of carbonyl (C=O) groups is 1. The van der Waals surface area contributed by atoms with Gasteiger partial charge in [0, 0.05) is 25.3 Å². The van der Waals surface area contributed by atoms with Gasteiger partial charge in [0.25, 0.3) is 5.91 Å². The van der Waals surface area contributed by atoms with E-state index in [1.165, 1.54) is 0 Å². The van der Waals surface area contributed by atoms with Gasteiger partial charge < -0.3 is 10.2 Å². The standard InChI is InChI=1S/C17H28N4O3S.ClH/c1-12(2)16-15(17(22)20-7-4-5-13(9-20)18-3)10-21(19-16)14-6-8-25(23,24)11-14;/h10,12-14,18H,4-9,11H2,1-3H3;1H. The Morgan fingerprint density at radius 3 is 2.65 bits per heavy atom. The molecule has 7 nitrogen and oxygen atoms in total. The van der Waals surface area contributed by atoms with Crippen molar-refractivity contribution in [3.05, 3.63) is 17.5 Å². The fourth-order valence-electron chi connectivity index (χ4n) is 3.74. The van der Waals surface area contributed by atoms with Crippen molar-refractivity contribution < 1.29 is 13.2 Å². The van der Waals surface area contributed by atoms with Gasteiger partial charge in [-0.1, -0.05) is 13.8 Å². The van der Waals surface area contributed by atoms with Gasteiger partial charge in [-0.05, 0) is 32.2 Å². The van der Waals surface area contributed by atoms with E-state index in [4.69, 9.17) is 0 Å². The first kappa shape index (κ1) is 21.2. The molecule has 2 atom stereocenters. The minimum atomic E-state index is -2.98. The summed E-state index contributed by atoms with van der Waals surface area (Å²) in [6.45, 7) is 5.50.